The van der Waals surface area contributed by atoms with E-state index in [0.717, 1.165) is 36.4 Å². The maximum atomic E-state index is 13.6. The van der Waals surface area contributed by atoms with Crippen molar-refractivity contribution >= 4 is 37.1 Å². The average Bonchev–Trinajstić information content (AvgIpc) is 2.80. The topological polar surface area (TPSA) is 167 Å². The van der Waals surface area contributed by atoms with Gasteiger partial charge in [0.05, 0.1) is 26.2 Å². The summed E-state index contributed by atoms with van der Waals surface area (Å²) in [5.41, 5.74) is -1.55. The largest absolute Gasteiger partial charge is 0.492 e. The molecule has 0 aliphatic heterocycles. The Labute approximate surface area is 194 Å². The fourth-order valence-electron chi connectivity index (χ4n) is 2.98. The molecule has 3 rings (SSSR count). The summed E-state index contributed by atoms with van der Waals surface area (Å²) in [5, 5.41) is 22.3. The van der Waals surface area contributed by atoms with Crippen molar-refractivity contribution in [3.8, 4) is 5.75 Å². The van der Waals surface area contributed by atoms with Crippen molar-refractivity contribution in [1.29, 1.82) is 0 Å². The van der Waals surface area contributed by atoms with Crippen molar-refractivity contribution in [2.24, 2.45) is 0 Å². The number of hydrogen-bond acceptors (Lipinski definition) is 9. The van der Waals surface area contributed by atoms with Crippen LogP contribution in [0.3, 0.4) is 0 Å². The fourth-order valence-corrected chi connectivity index (χ4v) is 6.77. The molecule has 0 saturated heterocycles. The molecule has 0 N–H and O–H groups in total. The second kappa shape index (κ2) is 9.44. The minimum atomic E-state index is -5.00. The van der Waals surface area contributed by atoms with E-state index in [1.54, 1.807) is 6.92 Å². The summed E-state index contributed by atoms with van der Waals surface area (Å²) in [6, 6.07) is 13.1. The molecule has 0 unspecified atom stereocenters. The number of benzene rings is 3. The van der Waals surface area contributed by atoms with Gasteiger partial charge in [-0.05, 0) is 31.2 Å². The first-order valence-corrected chi connectivity index (χ1v) is 12.4. The molecule has 34 heavy (non-hydrogen) atoms. The maximum Gasteiger partial charge on any atom is 0.278 e. The molecule has 0 amide bonds. The van der Waals surface area contributed by atoms with Crippen molar-refractivity contribution in [3.05, 3.63) is 93.0 Å². The Morgan fingerprint density at radius 3 is 1.68 bits per heavy atom. The number of non-ortho nitro benzene ring substituents is 2. The Morgan fingerprint density at radius 2 is 1.24 bits per heavy atom. The van der Waals surface area contributed by atoms with Crippen LogP contribution >= 0.6 is 0 Å². The van der Waals surface area contributed by atoms with Gasteiger partial charge in [0.1, 0.15) is 11.4 Å². The van der Waals surface area contributed by atoms with Crippen molar-refractivity contribution in [2.45, 2.75) is 16.7 Å². The number of rotatable bonds is 9. The zero-order valence-electron chi connectivity index (χ0n) is 17.5. The summed E-state index contributed by atoms with van der Waals surface area (Å²) >= 11 is 0. The molecule has 0 atom stereocenters. The highest BCUT2D eigenvalue weighted by atomic mass is 32.3. The van der Waals surface area contributed by atoms with Gasteiger partial charge in [-0.3, -0.25) is 20.2 Å². The van der Waals surface area contributed by atoms with E-state index in [9.17, 15) is 37.1 Å². The molecular formula is C20H17N3O9S2. The van der Waals surface area contributed by atoms with Crippen LogP contribution in [0.4, 0.5) is 17.1 Å². The van der Waals surface area contributed by atoms with Gasteiger partial charge in [-0.2, -0.15) is 3.71 Å². The Bertz CT molecular complexity index is 1380. The number of nitro groups is 2. The molecule has 0 fully saturated rings. The zero-order chi connectivity index (χ0) is 25.1. The van der Waals surface area contributed by atoms with E-state index in [2.05, 4.69) is 0 Å². The molecule has 0 spiro atoms. The highest BCUT2D eigenvalue weighted by molar-refractivity contribution is 8.10. The third kappa shape index (κ3) is 4.67. The number of anilines is 1. The maximum absolute atomic E-state index is 13.6. The Hall–Kier alpha value is -4.04. The molecular weight excluding hydrogens is 490 g/mol. The molecule has 0 radical (unpaired) electrons. The number of hydrogen-bond donors (Lipinski definition) is 0. The molecule has 3 aromatic rings. The van der Waals surface area contributed by atoms with E-state index in [1.165, 1.54) is 24.3 Å². The van der Waals surface area contributed by atoms with E-state index < -0.39 is 56.7 Å². The molecule has 0 aromatic heterocycles. The minimum Gasteiger partial charge on any atom is -0.492 e. The summed E-state index contributed by atoms with van der Waals surface area (Å²) in [5.74, 6) is -0.104. The van der Waals surface area contributed by atoms with Gasteiger partial charge in [-0.25, -0.2) is 16.8 Å². The first-order chi connectivity index (χ1) is 16.0. The number of nitrogens with zero attached hydrogens (tertiary/aromatic N) is 3. The van der Waals surface area contributed by atoms with Gasteiger partial charge in [0, 0.05) is 24.3 Å². The SMILES string of the molecule is CCOc1ccccc1N(S(=O)(=O)c1cccc([N+](=O)[O-])c1)S(=O)(=O)c1cccc([N+](=O)[O-])c1. The summed E-state index contributed by atoms with van der Waals surface area (Å²) in [7, 11) is -10.00. The van der Waals surface area contributed by atoms with Gasteiger partial charge in [0.2, 0.25) is 0 Å². The van der Waals surface area contributed by atoms with Crippen LogP contribution in [0, 0.1) is 20.2 Å². The molecule has 0 aliphatic rings. The monoisotopic (exact) mass is 507 g/mol. The second-order valence-electron chi connectivity index (χ2n) is 6.62. The van der Waals surface area contributed by atoms with Gasteiger partial charge in [-0.1, -0.05) is 24.3 Å². The quantitative estimate of drug-likeness (QED) is 0.311. The van der Waals surface area contributed by atoms with E-state index in [4.69, 9.17) is 4.74 Å². The van der Waals surface area contributed by atoms with Gasteiger partial charge in [0.15, 0.2) is 0 Å². The molecule has 0 aliphatic carbocycles. The van der Waals surface area contributed by atoms with Crippen LogP contribution in [0.1, 0.15) is 6.92 Å². The van der Waals surface area contributed by atoms with E-state index >= 15 is 0 Å². The lowest BCUT2D eigenvalue weighted by atomic mass is 10.3. The normalized spacial score (nSPS) is 11.6. The zero-order valence-corrected chi connectivity index (χ0v) is 19.1. The number of ether oxygens (including phenoxy) is 1. The molecule has 3 aromatic carbocycles. The van der Waals surface area contributed by atoms with Gasteiger partial charge < -0.3 is 4.74 Å². The first-order valence-electron chi connectivity index (χ1n) is 9.51. The summed E-state index contributed by atoms with van der Waals surface area (Å²) in [6.45, 7) is 1.67. The first kappa shape index (κ1) is 24.6. The van der Waals surface area contributed by atoms with Gasteiger partial charge in [-0.15, -0.1) is 0 Å². The number of nitro benzene ring substituents is 2. The van der Waals surface area contributed by atoms with Crippen LogP contribution in [0.2, 0.25) is 0 Å². The Balaban J connectivity index is 2.34. The lowest BCUT2D eigenvalue weighted by Gasteiger charge is -2.25. The number of para-hydroxylation sites is 2. The second-order valence-corrected chi connectivity index (χ2v) is 10.4. The van der Waals surface area contributed by atoms with Crippen molar-refractivity contribution in [3.63, 3.8) is 0 Å². The third-order valence-corrected chi connectivity index (χ3v) is 8.59. The Kier molecular flexibility index (Phi) is 6.83. The van der Waals surface area contributed by atoms with E-state index in [-0.39, 0.29) is 16.1 Å². The molecule has 0 saturated carbocycles. The third-order valence-electron chi connectivity index (χ3n) is 4.45. The molecule has 178 valence electrons. The van der Waals surface area contributed by atoms with Crippen LogP contribution in [-0.2, 0) is 20.0 Å². The van der Waals surface area contributed by atoms with Crippen LogP contribution < -0.4 is 8.45 Å². The van der Waals surface area contributed by atoms with Gasteiger partial charge in [0.25, 0.3) is 31.4 Å². The fraction of sp³-hybridized carbons (Fsp3) is 0.100. The predicted molar refractivity (Wildman–Crippen MR) is 121 cm³/mol. The lowest BCUT2D eigenvalue weighted by molar-refractivity contribution is -0.385. The minimum absolute atomic E-state index is 0.0586. The van der Waals surface area contributed by atoms with E-state index in [1.807, 2.05) is 0 Å². The van der Waals surface area contributed by atoms with Crippen LogP contribution in [0.25, 0.3) is 0 Å². The van der Waals surface area contributed by atoms with Crippen molar-refractivity contribution < 1.29 is 31.4 Å². The molecule has 0 bridgehead atoms. The predicted octanol–water partition coefficient (Wildman–Crippen LogP) is 3.49. The van der Waals surface area contributed by atoms with Crippen LogP contribution in [0.5, 0.6) is 5.75 Å². The molecule has 14 heteroatoms. The summed E-state index contributed by atoms with van der Waals surface area (Å²) < 4.78 is 60.0. The van der Waals surface area contributed by atoms with Crippen LogP contribution in [-0.4, -0.2) is 33.3 Å². The smallest absolute Gasteiger partial charge is 0.278 e. The highest BCUT2D eigenvalue weighted by Crippen LogP contribution is 2.38. The van der Waals surface area contributed by atoms with Gasteiger partial charge >= 0.3 is 0 Å². The number of sulfonamides is 2. The van der Waals surface area contributed by atoms with Crippen LogP contribution in [0.15, 0.2) is 82.6 Å². The highest BCUT2D eigenvalue weighted by Gasteiger charge is 2.39. The molecule has 12 nitrogen and oxygen atoms in total. The summed E-state index contributed by atoms with van der Waals surface area (Å²) in [4.78, 5) is 19.3. The molecule has 0 heterocycles. The van der Waals surface area contributed by atoms with Crippen molar-refractivity contribution in [2.75, 3.05) is 10.3 Å². The van der Waals surface area contributed by atoms with E-state index in [0.29, 0.717) is 12.1 Å². The standard InChI is InChI=1S/C20H17N3O9S2/c1-2-32-20-12-4-3-11-19(20)23(33(28,29)17-9-5-7-15(13-17)21(24)25)34(30,31)18-10-6-8-16(14-18)22(26)27/h3-14H,2H2,1H3. The summed E-state index contributed by atoms with van der Waals surface area (Å²) in [6.07, 6.45) is 0. The Morgan fingerprint density at radius 1 is 0.765 bits per heavy atom. The lowest BCUT2D eigenvalue weighted by Crippen LogP contribution is -2.37. The average molecular weight is 508 g/mol. The van der Waals surface area contributed by atoms with Crippen molar-refractivity contribution in [1.82, 2.24) is 0 Å².